The summed E-state index contributed by atoms with van der Waals surface area (Å²) in [5.74, 6) is -0.247. The van der Waals surface area contributed by atoms with Gasteiger partial charge in [-0.1, -0.05) is 46.3 Å². The molecule has 4 nitrogen and oxygen atoms in total. The summed E-state index contributed by atoms with van der Waals surface area (Å²) >= 11 is 3.44. The summed E-state index contributed by atoms with van der Waals surface area (Å²) < 4.78 is 2.53. The molecule has 1 amide bonds. The average molecular weight is 397 g/mol. The molecule has 2 aromatic carbocycles. The van der Waals surface area contributed by atoms with E-state index in [4.69, 9.17) is 0 Å². The van der Waals surface area contributed by atoms with E-state index in [0.717, 1.165) is 15.6 Å². The van der Waals surface area contributed by atoms with Crippen molar-refractivity contribution in [1.82, 2.24) is 4.57 Å². The molecule has 0 bridgehead atoms. The molecule has 0 radical (unpaired) electrons. The summed E-state index contributed by atoms with van der Waals surface area (Å²) in [5, 5.41) is 2.86. The van der Waals surface area contributed by atoms with Crippen molar-refractivity contribution < 1.29 is 4.79 Å². The van der Waals surface area contributed by atoms with Crippen LogP contribution in [0.3, 0.4) is 0 Å². The first-order valence-corrected chi connectivity index (χ1v) is 8.64. The van der Waals surface area contributed by atoms with Gasteiger partial charge in [0.25, 0.3) is 11.5 Å². The number of rotatable bonds is 4. The number of nitrogens with one attached hydrogen (secondary N) is 1. The molecule has 126 valence electrons. The molecular formula is C20H17BrN2O2. The van der Waals surface area contributed by atoms with Crippen LogP contribution in [0, 0.1) is 6.92 Å². The molecule has 1 aromatic heterocycles. The van der Waals surface area contributed by atoms with Gasteiger partial charge in [-0.25, -0.2) is 0 Å². The molecule has 3 aromatic rings. The molecule has 3 rings (SSSR count). The second-order valence-corrected chi connectivity index (χ2v) is 6.64. The van der Waals surface area contributed by atoms with Gasteiger partial charge in [0.05, 0.1) is 12.1 Å². The Morgan fingerprint density at radius 3 is 2.56 bits per heavy atom. The van der Waals surface area contributed by atoms with Crippen LogP contribution >= 0.6 is 15.9 Å². The smallest absolute Gasteiger partial charge is 0.257 e. The lowest BCUT2D eigenvalue weighted by molar-refractivity contribution is 0.102. The number of carbonyl (C=O) groups excluding carboxylic acids is 1. The number of nitrogens with zero attached hydrogens (tertiary/aromatic N) is 1. The van der Waals surface area contributed by atoms with Crippen LogP contribution < -0.4 is 10.9 Å². The Kier molecular flexibility index (Phi) is 5.14. The largest absolute Gasteiger partial charge is 0.322 e. The molecule has 1 N–H and O–H groups in total. The maximum Gasteiger partial charge on any atom is 0.257 e. The van der Waals surface area contributed by atoms with Gasteiger partial charge in [0.2, 0.25) is 0 Å². The van der Waals surface area contributed by atoms with Crippen molar-refractivity contribution in [2.45, 2.75) is 13.5 Å². The van der Waals surface area contributed by atoms with E-state index in [9.17, 15) is 9.59 Å². The fraction of sp³-hybridized carbons (Fsp3) is 0.100. The molecule has 0 aliphatic carbocycles. The van der Waals surface area contributed by atoms with Gasteiger partial charge in [-0.15, -0.1) is 0 Å². The Bertz CT molecular complexity index is 965. The first kappa shape index (κ1) is 17.2. The lowest BCUT2D eigenvalue weighted by Gasteiger charge is -2.10. The van der Waals surface area contributed by atoms with Crippen molar-refractivity contribution in [1.29, 1.82) is 0 Å². The third-order valence-electron chi connectivity index (χ3n) is 3.86. The van der Waals surface area contributed by atoms with E-state index < -0.39 is 0 Å². The minimum atomic E-state index is -0.247. The molecule has 0 fully saturated rings. The van der Waals surface area contributed by atoms with Crippen molar-refractivity contribution >= 4 is 27.5 Å². The zero-order valence-corrected chi connectivity index (χ0v) is 15.3. The van der Waals surface area contributed by atoms with Crippen LogP contribution in [0.2, 0.25) is 0 Å². The summed E-state index contributed by atoms with van der Waals surface area (Å²) in [6.07, 6.45) is 1.59. The monoisotopic (exact) mass is 396 g/mol. The molecule has 0 atom stereocenters. The Hall–Kier alpha value is -2.66. The van der Waals surface area contributed by atoms with Gasteiger partial charge >= 0.3 is 0 Å². The van der Waals surface area contributed by atoms with Gasteiger partial charge in [-0.05, 0) is 42.3 Å². The maximum atomic E-state index is 12.5. The predicted molar refractivity (Wildman–Crippen MR) is 103 cm³/mol. The minimum Gasteiger partial charge on any atom is -0.322 e. The zero-order chi connectivity index (χ0) is 17.8. The third-order valence-corrected chi connectivity index (χ3v) is 4.75. The van der Waals surface area contributed by atoms with Crippen molar-refractivity contribution in [2.24, 2.45) is 0 Å². The lowest BCUT2D eigenvalue weighted by atomic mass is 10.2. The summed E-state index contributed by atoms with van der Waals surface area (Å²) in [6, 6.07) is 18.2. The standard InChI is InChI=1S/C20H17BrN2O2/c1-14-11-17(8-9-18(14)21)22-20(25)16-7-10-19(24)23(13-16)12-15-5-3-2-4-6-15/h2-11,13H,12H2,1H3,(H,22,25). The van der Waals surface area contributed by atoms with E-state index in [0.29, 0.717) is 17.8 Å². The lowest BCUT2D eigenvalue weighted by Crippen LogP contribution is -2.22. The van der Waals surface area contributed by atoms with Crippen LogP contribution in [0.25, 0.3) is 0 Å². The van der Waals surface area contributed by atoms with Gasteiger partial charge in [-0.3, -0.25) is 9.59 Å². The first-order valence-electron chi connectivity index (χ1n) is 7.85. The van der Waals surface area contributed by atoms with E-state index in [2.05, 4.69) is 21.2 Å². The quantitative estimate of drug-likeness (QED) is 0.717. The van der Waals surface area contributed by atoms with Gasteiger partial charge in [0.15, 0.2) is 0 Å². The number of halogens is 1. The molecule has 0 aliphatic heterocycles. The van der Waals surface area contributed by atoms with E-state index in [1.165, 1.54) is 10.6 Å². The Morgan fingerprint density at radius 2 is 1.84 bits per heavy atom. The maximum absolute atomic E-state index is 12.5. The molecule has 0 saturated heterocycles. The van der Waals surface area contributed by atoms with E-state index in [-0.39, 0.29) is 11.5 Å². The van der Waals surface area contributed by atoms with Crippen molar-refractivity contribution in [3.8, 4) is 0 Å². The fourth-order valence-electron chi connectivity index (χ4n) is 2.50. The number of amides is 1. The van der Waals surface area contributed by atoms with Crippen LogP contribution in [0.5, 0.6) is 0 Å². The van der Waals surface area contributed by atoms with E-state index in [1.54, 1.807) is 12.3 Å². The topological polar surface area (TPSA) is 51.1 Å². The Morgan fingerprint density at radius 1 is 1.08 bits per heavy atom. The summed E-state index contributed by atoms with van der Waals surface area (Å²) in [5.41, 5.74) is 3.06. The van der Waals surface area contributed by atoms with Crippen molar-refractivity contribution in [3.63, 3.8) is 0 Å². The molecule has 0 saturated carbocycles. The summed E-state index contributed by atoms with van der Waals surface area (Å²) in [6.45, 7) is 2.39. The van der Waals surface area contributed by atoms with Crippen LogP contribution in [0.15, 0.2) is 76.1 Å². The molecule has 0 spiro atoms. The molecular weight excluding hydrogens is 380 g/mol. The van der Waals surface area contributed by atoms with Crippen LogP contribution in [-0.2, 0) is 6.54 Å². The number of benzene rings is 2. The van der Waals surface area contributed by atoms with Gasteiger partial charge in [-0.2, -0.15) is 0 Å². The highest BCUT2D eigenvalue weighted by molar-refractivity contribution is 9.10. The van der Waals surface area contributed by atoms with Crippen molar-refractivity contribution in [2.75, 3.05) is 5.32 Å². The summed E-state index contributed by atoms with van der Waals surface area (Å²) in [4.78, 5) is 24.6. The highest BCUT2D eigenvalue weighted by atomic mass is 79.9. The number of hydrogen-bond donors (Lipinski definition) is 1. The number of aryl methyl sites for hydroxylation is 1. The highest BCUT2D eigenvalue weighted by Crippen LogP contribution is 2.20. The van der Waals surface area contributed by atoms with Crippen molar-refractivity contribution in [3.05, 3.63) is 98.4 Å². The zero-order valence-electron chi connectivity index (χ0n) is 13.7. The van der Waals surface area contributed by atoms with E-state index in [1.807, 2.05) is 55.5 Å². The second kappa shape index (κ2) is 7.49. The summed E-state index contributed by atoms with van der Waals surface area (Å²) in [7, 11) is 0. The molecule has 25 heavy (non-hydrogen) atoms. The highest BCUT2D eigenvalue weighted by Gasteiger charge is 2.09. The van der Waals surface area contributed by atoms with Gasteiger partial charge in [0.1, 0.15) is 0 Å². The van der Waals surface area contributed by atoms with Gasteiger partial charge in [0, 0.05) is 22.4 Å². The van der Waals surface area contributed by atoms with Crippen LogP contribution in [-0.4, -0.2) is 10.5 Å². The third kappa shape index (κ3) is 4.25. The molecule has 5 heteroatoms. The van der Waals surface area contributed by atoms with E-state index >= 15 is 0 Å². The Balaban J connectivity index is 1.82. The number of anilines is 1. The molecule has 0 aliphatic rings. The molecule has 1 heterocycles. The number of pyridine rings is 1. The predicted octanol–water partition coefficient (Wildman–Crippen LogP) is 4.22. The normalized spacial score (nSPS) is 10.5. The number of carbonyl (C=O) groups is 1. The van der Waals surface area contributed by atoms with Crippen LogP contribution in [0.4, 0.5) is 5.69 Å². The number of aromatic nitrogens is 1. The first-order chi connectivity index (χ1) is 12.0. The Labute approximate surface area is 154 Å². The second-order valence-electron chi connectivity index (χ2n) is 5.79. The SMILES string of the molecule is Cc1cc(NC(=O)c2ccc(=O)n(Cc3ccccc3)c2)ccc1Br. The molecule has 0 unspecified atom stereocenters. The fourth-order valence-corrected chi connectivity index (χ4v) is 2.74. The minimum absolute atomic E-state index is 0.139. The van der Waals surface area contributed by atoms with Gasteiger partial charge < -0.3 is 9.88 Å². The average Bonchev–Trinajstić information content (AvgIpc) is 2.61. The number of hydrogen-bond acceptors (Lipinski definition) is 2. The van der Waals surface area contributed by atoms with Crippen LogP contribution in [0.1, 0.15) is 21.5 Å².